The van der Waals surface area contributed by atoms with Crippen molar-refractivity contribution in [2.45, 2.75) is 45.8 Å². The summed E-state index contributed by atoms with van der Waals surface area (Å²) in [5, 5.41) is 14.0. The number of carbonyl (C=O) groups excluding carboxylic acids is 1. The first kappa shape index (κ1) is 23.1. The van der Waals surface area contributed by atoms with Gasteiger partial charge in [0.2, 0.25) is 0 Å². The SMILES string of the molecule is CCc1cc(=O)oc2c(C)c(O[C@H](C)C(=O)N[C@@H](Cc3c[nH]c4ccccc34)C(=O)O)ccc12. The van der Waals surface area contributed by atoms with Crippen LogP contribution in [0.25, 0.3) is 21.9 Å². The lowest BCUT2D eigenvalue weighted by atomic mass is 10.0. The number of carboxylic acids is 1. The molecular formula is C26H26N2O6. The van der Waals surface area contributed by atoms with Crippen molar-refractivity contribution < 1.29 is 23.8 Å². The van der Waals surface area contributed by atoms with Gasteiger partial charge in [0.05, 0.1) is 0 Å². The van der Waals surface area contributed by atoms with Gasteiger partial charge in [-0.05, 0) is 49.6 Å². The van der Waals surface area contributed by atoms with Gasteiger partial charge in [-0.1, -0.05) is 25.1 Å². The first-order chi connectivity index (χ1) is 16.3. The van der Waals surface area contributed by atoms with E-state index in [1.807, 2.05) is 31.2 Å². The maximum Gasteiger partial charge on any atom is 0.336 e. The van der Waals surface area contributed by atoms with Crippen molar-refractivity contribution in [3.63, 3.8) is 0 Å². The van der Waals surface area contributed by atoms with Crippen LogP contribution in [0.5, 0.6) is 5.75 Å². The van der Waals surface area contributed by atoms with Crippen LogP contribution in [0.4, 0.5) is 0 Å². The average molecular weight is 463 g/mol. The van der Waals surface area contributed by atoms with Gasteiger partial charge in [-0.2, -0.15) is 0 Å². The van der Waals surface area contributed by atoms with Crippen LogP contribution in [-0.4, -0.2) is 34.1 Å². The molecule has 0 saturated carbocycles. The molecule has 0 aliphatic rings. The molecule has 8 heteroatoms. The highest BCUT2D eigenvalue weighted by Gasteiger charge is 2.26. The van der Waals surface area contributed by atoms with E-state index in [0.717, 1.165) is 27.4 Å². The summed E-state index contributed by atoms with van der Waals surface area (Å²) in [5.41, 5.74) is 3.12. The molecule has 4 rings (SSSR count). The smallest absolute Gasteiger partial charge is 0.336 e. The Morgan fingerprint density at radius 2 is 1.91 bits per heavy atom. The summed E-state index contributed by atoms with van der Waals surface area (Å²) in [6, 6.07) is 11.4. The van der Waals surface area contributed by atoms with Crippen molar-refractivity contribution in [2.24, 2.45) is 0 Å². The number of aromatic nitrogens is 1. The third-order valence-electron chi connectivity index (χ3n) is 5.96. The van der Waals surface area contributed by atoms with Crippen LogP contribution in [0.1, 0.15) is 30.5 Å². The average Bonchev–Trinajstić information content (AvgIpc) is 3.22. The predicted molar refractivity (Wildman–Crippen MR) is 128 cm³/mol. The molecule has 2 aromatic carbocycles. The fraction of sp³-hybridized carbons (Fsp3) is 0.269. The second-order valence-electron chi connectivity index (χ2n) is 8.23. The molecule has 0 bridgehead atoms. The summed E-state index contributed by atoms with van der Waals surface area (Å²) in [7, 11) is 0. The normalized spacial score (nSPS) is 13.0. The topological polar surface area (TPSA) is 122 Å². The zero-order chi connectivity index (χ0) is 24.4. The standard InChI is InChI=1S/C26H26N2O6/c1-4-16-12-23(29)34-24-14(2)22(10-9-19(16)24)33-15(3)25(30)28-21(26(31)32)11-17-13-27-20-8-6-5-7-18(17)20/h5-10,12-13,15,21,27H,4,11H2,1-3H3,(H,28,30)(H,31,32)/t15-,21+/m1/s1. The molecule has 0 spiro atoms. The van der Waals surface area contributed by atoms with E-state index in [4.69, 9.17) is 9.15 Å². The van der Waals surface area contributed by atoms with Crippen molar-refractivity contribution in [2.75, 3.05) is 0 Å². The fourth-order valence-electron chi connectivity index (χ4n) is 4.08. The first-order valence-corrected chi connectivity index (χ1v) is 11.1. The Kier molecular flexibility index (Phi) is 6.40. The van der Waals surface area contributed by atoms with Gasteiger partial charge in [-0.15, -0.1) is 0 Å². The van der Waals surface area contributed by atoms with Crippen LogP contribution in [-0.2, 0) is 22.4 Å². The van der Waals surface area contributed by atoms with Crippen molar-refractivity contribution in [1.82, 2.24) is 10.3 Å². The van der Waals surface area contributed by atoms with Gasteiger partial charge in [0.25, 0.3) is 5.91 Å². The number of rotatable bonds is 8. The second kappa shape index (κ2) is 9.43. The van der Waals surface area contributed by atoms with Crippen LogP contribution in [0.3, 0.4) is 0 Å². The summed E-state index contributed by atoms with van der Waals surface area (Å²) in [5.74, 6) is -1.31. The third kappa shape index (κ3) is 4.52. The number of ether oxygens (including phenoxy) is 1. The van der Waals surface area contributed by atoms with Crippen molar-refractivity contribution in [3.8, 4) is 5.75 Å². The monoisotopic (exact) mass is 462 g/mol. The van der Waals surface area contributed by atoms with Crippen LogP contribution in [0.15, 0.2) is 57.9 Å². The number of hydrogen-bond donors (Lipinski definition) is 3. The van der Waals surface area contributed by atoms with Gasteiger partial charge in [0.1, 0.15) is 17.4 Å². The van der Waals surface area contributed by atoms with Crippen LogP contribution >= 0.6 is 0 Å². The molecule has 0 unspecified atom stereocenters. The molecule has 2 atom stereocenters. The maximum absolute atomic E-state index is 12.8. The molecule has 0 fully saturated rings. The Balaban J connectivity index is 1.51. The molecule has 0 radical (unpaired) electrons. The maximum atomic E-state index is 12.8. The van der Waals surface area contributed by atoms with Gasteiger partial charge in [-0.3, -0.25) is 4.79 Å². The summed E-state index contributed by atoms with van der Waals surface area (Å²) >= 11 is 0. The number of aliphatic carboxylic acids is 1. The molecule has 2 heterocycles. The molecule has 3 N–H and O–H groups in total. The molecule has 0 saturated heterocycles. The van der Waals surface area contributed by atoms with E-state index in [-0.39, 0.29) is 6.42 Å². The zero-order valence-electron chi connectivity index (χ0n) is 19.2. The van der Waals surface area contributed by atoms with E-state index < -0.39 is 29.6 Å². The predicted octanol–water partition coefficient (Wildman–Crippen LogP) is 3.72. The molecule has 176 valence electrons. The number of carboxylic acid groups (broad SMARTS) is 1. The quantitative estimate of drug-likeness (QED) is 0.343. The number of carbonyl (C=O) groups is 2. The van der Waals surface area contributed by atoms with Crippen molar-refractivity contribution in [1.29, 1.82) is 0 Å². The molecule has 2 aromatic heterocycles. The minimum atomic E-state index is -1.14. The van der Waals surface area contributed by atoms with E-state index in [1.165, 1.54) is 6.07 Å². The van der Waals surface area contributed by atoms with E-state index >= 15 is 0 Å². The molecule has 1 amide bonds. The Morgan fingerprint density at radius 3 is 2.65 bits per heavy atom. The molecule has 4 aromatic rings. The number of para-hydroxylation sites is 1. The highest BCUT2D eigenvalue weighted by molar-refractivity contribution is 5.89. The minimum Gasteiger partial charge on any atom is -0.480 e. The largest absolute Gasteiger partial charge is 0.480 e. The number of fused-ring (bicyclic) bond motifs is 2. The molecule has 0 aliphatic heterocycles. The molecular weight excluding hydrogens is 436 g/mol. The number of aromatic amines is 1. The van der Waals surface area contributed by atoms with Gasteiger partial charge in [0, 0.05) is 40.5 Å². The van der Waals surface area contributed by atoms with Crippen LogP contribution in [0.2, 0.25) is 0 Å². The Bertz CT molecular complexity index is 1430. The molecule has 8 nitrogen and oxygen atoms in total. The Labute approximate surface area is 195 Å². The summed E-state index contributed by atoms with van der Waals surface area (Å²) in [6.45, 7) is 5.25. The lowest BCUT2D eigenvalue weighted by molar-refractivity contribution is -0.142. The number of benzene rings is 2. The lowest BCUT2D eigenvalue weighted by Crippen LogP contribution is -2.47. The van der Waals surface area contributed by atoms with Gasteiger partial charge in [0.15, 0.2) is 6.10 Å². The highest BCUT2D eigenvalue weighted by atomic mass is 16.5. The van der Waals surface area contributed by atoms with E-state index in [1.54, 1.807) is 32.2 Å². The van der Waals surface area contributed by atoms with E-state index in [2.05, 4.69) is 10.3 Å². The third-order valence-corrected chi connectivity index (χ3v) is 5.96. The fourth-order valence-corrected chi connectivity index (χ4v) is 4.08. The number of H-pyrrole nitrogens is 1. The van der Waals surface area contributed by atoms with E-state index in [0.29, 0.717) is 23.3 Å². The first-order valence-electron chi connectivity index (χ1n) is 11.1. The highest BCUT2D eigenvalue weighted by Crippen LogP contribution is 2.29. The minimum absolute atomic E-state index is 0.123. The summed E-state index contributed by atoms with van der Waals surface area (Å²) in [4.78, 5) is 39.7. The summed E-state index contributed by atoms with van der Waals surface area (Å²) < 4.78 is 11.2. The van der Waals surface area contributed by atoms with Crippen molar-refractivity contribution in [3.05, 3.63) is 75.8 Å². The van der Waals surface area contributed by atoms with Gasteiger partial charge < -0.3 is 24.6 Å². The summed E-state index contributed by atoms with van der Waals surface area (Å²) in [6.07, 6.45) is 1.58. The number of hydrogen-bond acceptors (Lipinski definition) is 5. The lowest BCUT2D eigenvalue weighted by Gasteiger charge is -2.20. The van der Waals surface area contributed by atoms with Gasteiger partial charge >= 0.3 is 11.6 Å². The Morgan fingerprint density at radius 1 is 1.15 bits per heavy atom. The number of nitrogens with one attached hydrogen (secondary N) is 2. The van der Waals surface area contributed by atoms with Crippen LogP contribution < -0.4 is 15.7 Å². The molecule has 0 aliphatic carbocycles. The van der Waals surface area contributed by atoms with Crippen molar-refractivity contribution >= 4 is 33.7 Å². The zero-order valence-corrected chi connectivity index (χ0v) is 19.2. The van der Waals surface area contributed by atoms with Gasteiger partial charge in [-0.25, -0.2) is 9.59 Å². The molecule has 34 heavy (non-hydrogen) atoms. The van der Waals surface area contributed by atoms with Crippen LogP contribution in [0, 0.1) is 6.92 Å². The Hall–Kier alpha value is -4.07. The number of aryl methyl sites for hydroxylation is 2. The number of amides is 1. The second-order valence-corrected chi connectivity index (χ2v) is 8.23. The van der Waals surface area contributed by atoms with E-state index in [9.17, 15) is 19.5 Å².